The van der Waals surface area contributed by atoms with E-state index < -0.39 is 21.7 Å². The minimum Gasteiger partial charge on any atom is -0.442 e. The molecule has 0 spiro atoms. The Kier molecular flexibility index (Phi) is 3.72. The molecule has 9 heteroatoms. The molecule has 0 aliphatic heterocycles. The predicted molar refractivity (Wildman–Crippen MR) is 84.5 cm³/mol. The van der Waals surface area contributed by atoms with E-state index in [1.54, 1.807) is 0 Å². The number of nitrogens with one attached hydrogen (secondary N) is 1. The first-order valence-electron chi connectivity index (χ1n) is 6.75. The summed E-state index contributed by atoms with van der Waals surface area (Å²) in [6.07, 6.45) is 1.15. The first-order chi connectivity index (χ1) is 11.3. The van der Waals surface area contributed by atoms with Crippen LogP contribution in [0.1, 0.15) is 15.9 Å². The molecule has 0 aliphatic carbocycles. The third-order valence-electron chi connectivity index (χ3n) is 3.39. The van der Waals surface area contributed by atoms with Crippen LogP contribution < -0.4 is 10.5 Å². The van der Waals surface area contributed by atoms with Crippen molar-refractivity contribution in [3.05, 3.63) is 53.5 Å². The van der Waals surface area contributed by atoms with Gasteiger partial charge in [-0.15, -0.1) is 0 Å². The van der Waals surface area contributed by atoms with Crippen molar-refractivity contribution in [2.24, 2.45) is 5.73 Å². The molecule has 1 amide bonds. The number of amides is 1. The lowest BCUT2D eigenvalue weighted by Gasteiger charge is -2.06. The zero-order chi connectivity index (χ0) is 17.5. The summed E-state index contributed by atoms with van der Waals surface area (Å²) in [5, 5.41) is 0.0382. The first-order valence-corrected chi connectivity index (χ1v) is 8.23. The molecule has 0 bridgehead atoms. The number of benzene rings is 1. The number of anilines is 1. The van der Waals surface area contributed by atoms with Crippen LogP contribution in [-0.4, -0.2) is 19.3 Å². The molecule has 2 aromatic heterocycles. The van der Waals surface area contributed by atoms with Gasteiger partial charge in [0.1, 0.15) is 17.2 Å². The van der Waals surface area contributed by atoms with Crippen LogP contribution in [0.25, 0.3) is 11.0 Å². The highest BCUT2D eigenvalue weighted by molar-refractivity contribution is 7.92. The van der Waals surface area contributed by atoms with Crippen molar-refractivity contribution < 1.29 is 22.0 Å². The molecule has 0 saturated carbocycles. The third-order valence-corrected chi connectivity index (χ3v) is 4.74. The van der Waals surface area contributed by atoms with Crippen molar-refractivity contribution >= 4 is 32.7 Å². The van der Waals surface area contributed by atoms with Crippen molar-refractivity contribution in [3.8, 4) is 0 Å². The normalized spacial score (nSPS) is 11.6. The maximum atomic E-state index is 13.3. The number of fused-ring (bicyclic) bond motifs is 1. The Morgan fingerprint density at radius 3 is 2.67 bits per heavy atom. The Hall–Kier alpha value is -2.94. The van der Waals surface area contributed by atoms with Gasteiger partial charge in [0, 0.05) is 17.1 Å². The van der Waals surface area contributed by atoms with Crippen LogP contribution in [0.4, 0.5) is 10.2 Å². The van der Waals surface area contributed by atoms with Crippen LogP contribution in [0.3, 0.4) is 0 Å². The van der Waals surface area contributed by atoms with Crippen LogP contribution in [0.2, 0.25) is 0 Å². The van der Waals surface area contributed by atoms with Gasteiger partial charge in [0.05, 0.1) is 5.56 Å². The summed E-state index contributed by atoms with van der Waals surface area (Å²) >= 11 is 0. The average Bonchev–Trinajstić information content (AvgIpc) is 2.85. The monoisotopic (exact) mass is 349 g/mol. The zero-order valence-corrected chi connectivity index (χ0v) is 13.2. The Labute approximate surface area is 136 Å². The number of primary amides is 1. The molecule has 0 radical (unpaired) electrons. The predicted octanol–water partition coefficient (Wildman–Crippen LogP) is 2.18. The van der Waals surface area contributed by atoms with Crippen LogP contribution in [-0.2, 0) is 10.0 Å². The van der Waals surface area contributed by atoms with Crippen LogP contribution in [0, 0.1) is 12.7 Å². The summed E-state index contributed by atoms with van der Waals surface area (Å²) in [5.74, 6) is -1.18. The van der Waals surface area contributed by atoms with Gasteiger partial charge in [-0.2, -0.15) is 8.42 Å². The lowest BCUT2D eigenvalue weighted by Crippen LogP contribution is -2.15. The van der Waals surface area contributed by atoms with Crippen LogP contribution in [0.5, 0.6) is 0 Å². The first kappa shape index (κ1) is 15.9. The molecular weight excluding hydrogens is 337 g/mol. The molecular formula is C15H12FN3O4S. The fourth-order valence-electron chi connectivity index (χ4n) is 2.21. The van der Waals surface area contributed by atoms with Gasteiger partial charge in [-0.05, 0) is 37.3 Å². The number of hydrogen-bond acceptors (Lipinski definition) is 5. The summed E-state index contributed by atoms with van der Waals surface area (Å²) in [4.78, 5) is 14.8. The molecule has 0 atom stereocenters. The zero-order valence-electron chi connectivity index (χ0n) is 12.4. The van der Waals surface area contributed by atoms with E-state index in [9.17, 15) is 17.6 Å². The second-order valence-corrected chi connectivity index (χ2v) is 6.64. The minimum absolute atomic E-state index is 0.00830. The van der Waals surface area contributed by atoms with E-state index in [1.807, 2.05) is 0 Å². The molecule has 24 heavy (non-hydrogen) atoms. The lowest BCUT2D eigenvalue weighted by atomic mass is 10.2. The van der Waals surface area contributed by atoms with Crippen LogP contribution in [0.15, 0.2) is 46.0 Å². The average molecular weight is 349 g/mol. The number of halogens is 1. The summed E-state index contributed by atoms with van der Waals surface area (Å²) in [6.45, 7) is 1.52. The van der Waals surface area contributed by atoms with Crippen molar-refractivity contribution in [2.75, 3.05) is 4.72 Å². The van der Waals surface area contributed by atoms with Gasteiger partial charge in [-0.1, -0.05) is 0 Å². The van der Waals surface area contributed by atoms with E-state index in [0.717, 1.165) is 6.20 Å². The summed E-state index contributed by atoms with van der Waals surface area (Å²) in [7, 11) is -4.07. The SMILES string of the molecule is Cc1c(S(=O)(=O)Nc2ccc(C(N)=O)cn2)oc2ccc(F)cc12. The molecule has 0 fully saturated rings. The highest BCUT2D eigenvalue weighted by atomic mass is 32.2. The molecule has 3 aromatic rings. The molecule has 3 rings (SSSR count). The van der Waals surface area contributed by atoms with E-state index >= 15 is 0 Å². The fraction of sp³-hybridized carbons (Fsp3) is 0.0667. The Bertz CT molecular complexity index is 1040. The number of sulfonamides is 1. The van der Waals surface area contributed by atoms with Crippen molar-refractivity contribution in [1.82, 2.24) is 4.98 Å². The second-order valence-electron chi connectivity index (χ2n) is 5.06. The van der Waals surface area contributed by atoms with Gasteiger partial charge in [0.25, 0.3) is 10.0 Å². The molecule has 124 valence electrons. The van der Waals surface area contributed by atoms with Crippen LogP contribution >= 0.6 is 0 Å². The molecule has 0 unspecified atom stereocenters. The Morgan fingerprint density at radius 1 is 1.29 bits per heavy atom. The number of nitrogens with zero attached hydrogens (tertiary/aromatic N) is 1. The van der Waals surface area contributed by atoms with Gasteiger partial charge >= 0.3 is 0 Å². The molecule has 0 saturated heterocycles. The number of furan rings is 1. The van der Waals surface area contributed by atoms with Gasteiger partial charge in [-0.3, -0.25) is 9.52 Å². The number of carbonyl (C=O) groups is 1. The minimum atomic E-state index is -4.07. The molecule has 0 aliphatic rings. The Balaban J connectivity index is 1.98. The summed E-state index contributed by atoms with van der Waals surface area (Å²) in [6, 6.07) is 6.38. The van der Waals surface area contributed by atoms with Gasteiger partial charge in [0.15, 0.2) is 0 Å². The standard InChI is InChI=1S/C15H12FN3O4S/c1-8-11-6-10(16)3-4-12(11)23-15(8)24(21,22)19-13-5-2-9(7-18-13)14(17)20/h2-7H,1H3,(H2,17,20)(H,18,19). The second kappa shape index (κ2) is 5.60. The van der Waals surface area contributed by atoms with E-state index in [2.05, 4.69) is 9.71 Å². The maximum absolute atomic E-state index is 13.3. The summed E-state index contributed by atoms with van der Waals surface area (Å²) < 4.78 is 45.8. The van der Waals surface area contributed by atoms with E-state index in [1.165, 1.54) is 37.3 Å². The number of aromatic nitrogens is 1. The lowest BCUT2D eigenvalue weighted by molar-refractivity contribution is 0.1000. The fourth-order valence-corrected chi connectivity index (χ4v) is 3.41. The highest BCUT2D eigenvalue weighted by Crippen LogP contribution is 2.30. The third kappa shape index (κ3) is 2.81. The summed E-state index contributed by atoms with van der Waals surface area (Å²) in [5.41, 5.74) is 5.78. The quantitative estimate of drug-likeness (QED) is 0.749. The number of pyridine rings is 1. The highest BCUT2D eigenvalue weighted by Gasteiger charge is 2.24. The molecule has 2 heterocycles. The van der Waals surface area contributed by atoms with E-state index in [-0.39, 0.29) is 27.6 Å². The number of hydrogen-bond donors (Lipinski definition) is 2. The molecule has 7 nitrogen and oxygen atoms in total. The Morgan fingerprint density at radius 2 is 2.04 bits per heavy atom. The molecule has 3 N–H and O–H groups in total. The number of rotatable bonds is 4. The smallest absolute Gasteiger partial charge is 0.296 e. The largest absolute Gasteiger partial charge is 0.442 e. The number of nitrogens with two attached hydrogens (primary N) is 1. The van der Waals surface area contributed by atoms with Gasteiger partial charge < -0.3 is 10.2 Å². The van der Waals surface area contributed by atoms with E-state index in [0.29, 0.717) is 5.39 Å². The van der Waals surface area contributed by atoms with E-state index in [4.69, 9.17) is 10.2 Å². The van der Waals surface area contributed by atoms with Crippen molar-refractivity contribution in [3.63, 3.8) is 0 Å². The topological polar surface area (TPSA) is 115 Å². The molecule has 1 aromatic carbocycles. The van der Waals surface area contributed by atoms with Crippen molar-refractivity contribution in [2.45, 2.75) is 12.0 Å². The number of carbonyl (C=O) groups excluding carboxylic acids is 1. The van der Waals surface area contributed by atoms with Gasteiger partial charge in [0.2, 0.25) is 11.0 Å². The number of aryl methyl sites for hydroxylation is 1. The maximum Gasteiger partial charge on any atom is 0.296 e. The van der Waals surface area contributed by atoms with Gasteiger partial charge in [-0.25, -0.2) is 9.37 Å². The van der Waals surface area contributed by atoms with Crippen molar-refractivity contribution in [1.29, 1.82) is 0 Å².